The highest BCUT2D eigenvalue weighted by atomic mass is 16.5. The SMILES string of the molecule is Cc1cc(C(=O)NNC(=O)C2=Cc3ccccc3OC2)c(C)o1. The first-order valence-corrected chi connectivity index (χ1v) is 7.14. The van der Waals surface area contributed by atoms with E-state index in [0.29, 0.717) is 22.7 Å². The molecule has 6 nitrogen and oxygen atoms in total. The molecule has 0 aliphatic carbocycles. The Morgan fingerprint density at radius 3 is 2.57 bits per heavy atom. The molecule has 2 aromatic rings. The Hall–Kier alpha value is -3.02. The minimum atomic E-state index is -0.426. The Balaban J connectivity index is 1.65. The van der Waals surface area contributed by atoms with Crippen LogP contribution >= 0.6 is 0 Å². The van der Waals surface area contributed by atoms with Crippen LogP contribution < -0.4 is 15.6 Å². The predicted octanol–water partition coefficient (Wildman–Crippen LogP) is 2.13. The molecule has 2 N–H and O–H groups in total. The molecule has 2 amide bonds. The summed E-state index contributed by atoms with van der Waals surface area (Å²) in [6.07, 6.45) is 1.74. The molecule has 23 heavy (non-hydrogen) atoms. The second-order valence-electron chi connectivity index (χ2n) is 5.23. The molecule has 0 spiro atoms. The zero-order valence-corrected chi connectivity index (χ0v) is 12.8. The van der Waals surface area contributed by atoms with Crippen molar-refractivity contribution in [3.63, 3.8) is 0 Å². The molecule has 3 rings (SSSR count). The van der Waals surface area contributed by atoms with Crippen LogP contribution in [0.3, 0.4) is 0 Å². The van der Waals surface area contributed by atoms with E-state index in [-0.39, 0.29) is 6.61 Å². The number of aryl methyl sites for hydroxylation is 2. The number of benzene rings is 1. The lowest BCUT2D eigenvalue weighted by Gasteiger charge is -2.17. The van der Waals surface area contributed by atoms with Crippen LogP contribution in [-0.4, -0.2) is 18.4 Å². The van der Waals surface area contributed by atoms with Crippen molar-refractivity contribution in [1.29, 1.82) is 0 Å². The molecule has 0 fully saturated rings. The fourth-order valence-electron chi connectivity index (χ4n) is 2.36. The first-order chi connectivity index (χ1) is 11.0. The first-order valence-electron chi connectivity index (χ1n) is 7.14. The summed E-state index contributed by atoms with van der Waals surface area (Å²) in [5.41, 5.74) is 6.42. The van der Waals surface area contributed by atoms with Gasteiger partial charge in [0.05, 0.1) is 11.1 Å². The van der Waals surface area contributed by atoms with Gasteiger partial charge in [-0.2, -0.15) is 0 Å². The summed E-state index contributed by atoms with van der Waals surface area (Å²) in [5, 5.41) is 0. The Labute approximate surface area is 133 Å². The Kier molecular flexibility index (Phi) is 3.89. The summed E-state index contributed by atoms with van der Waals surface area (Å²) >= 11 is 0. The van der Waals surface area contributed by atoms with E-state index in [4.69, 9.17) is 9.15 Å². The third kappa shape index (κ3) is 3.11. The molecule has 0 saturated carbocycles. The molecule has 118 valence electrons. The van der Waals surface area contributed by atoms with Crippen LogP contribution in [0.25, 0.3) is 6.08 Å². The molecule has 0 radical (unpaired) electrons. The van der Waals surface area contributed by atoms with Crippen molar-refractivity contribution in [2.24, 2.45) is 0 Å². The molecule has 1 aliphatic rings. The van der Waals surface area contributed by atoms with E-state index in [9.17, 15) is 9.59 Å². The largest absolute Gasteiger partial charge is 0.488 e. The number of ether oxygens (including phenoxy) is 1. The van der Waals surface area contributed by atoms with Gasteiger partial charge >= 0.3 is 0 Å². The van der Waals surface area contributed by atoms with Gasteiger partial charge in [0.1, 0.15) is 23.9 Å². The van der Waals surface area contributed by atoms with Crippen LogP contribution in [-0.2, 0) is 4.79 Å². The highest BCUT2D eigenvalue weighted by Crippen LogP contribution is 2.25. The highest BCUT2D eigenvalue weighted by molar-refractivity contribution is 6.02. The second-order valence-corrected chi connectivity index (χ2v) is 5.23. The number of hydrogen-bond acceptors (Lipinski definition) is 4. The Morgan fingerprint density at radius 2 is 1.83 bits per heavy atom. The van der Waals surface area contributed by atoms with E-state index < -0.39 is 11.8 Å². The molecular formula is C17H16N2O4. The number of carbonyl (C=O) groups excluding carboxylic acids is 2. The molecule has 6 heteroatoms. The van der Waals surface area contributed by atoms with Crippen molar-refractivity contribution in [3.8, 4) is 5.75 Å². The van der Waals surface area contributed by atoms with Crippen LogP contribution in [0, 0.1) is 13.8 Å². The monoisotopic (exact) mass is 312 g/mol. The van der Waals surface area contributed by atoms with E-state index >= 15 is 0 Å². The number of furan rings is 1. The minimum Gasteiger partial charge on any atom is -0.488 e. The van der Waals surface area contributed by atoms with Gasteiger partial charge in [-0.3, -0.25) is 20.4 Å². The lowest BCUT2D eigenvalue weighted by molar-refractivity contribution is -0.118. The second kappa shape index (κ2) is 6.00. The lowest BCUT2D eigenvalue weighted by Crippen LogP contribution is -2.43. The van der Waals surface area contributed by atoms with Crippen molar-refractivity contribution in [2.75, 3.05) is 6.61 Å². The molecule has 0 atom stereocenters. The molecule has 1 aromatic carbocycles. The van der Waals surface area contributed by atoms with Gasteiger partial charge < -0.3 is 9.15 Å². The summed E-state index contributed by atoms with van der Waals surface area (Å²) in [7, 11) is 0. The molecular weight excluding hydrogens is 296 g/mol. The van der Waals surface area contributed by atoms with Gasteiger partial charge in [0.15, 0.2) is 0 Å². The number of rotatable bonds is 2. The third-order valence-corrected chi connectivity index (χ3v) is 3.50. The molecule has 2 heterocycles. The van der Waals surface area contributed by atoms with E-state index in [0.717, 1.165) is 11.3 Å². The van der Waals surface area contributed by atoms with Gasteiger partial charge in [0.2, 0.25) is 0 Å². The fourth-order valence-corrected chi connectivity index (χ4v) is 2.36. The highest BCUT2D eigenvalue weighted by Gasteiger charge is 2.19. The van der Waals surface area contributed by atoms with Crippen LogP contribution in [0.4, 0.5) is 0 Å². The summed E-state index contributed by atoms with van der Waals surface area (Å²) in [5.74, 6) is 1.04. The smallest absolute Gasteiger partial charge is 0.273 e. The molecule has 1 aromatic heterocycles. The zero-order chi connectivity index (χ0) is 16.4. The molecule has 1 aliphatic heterocycles. The summed E-state index contributed by atoms with van der Waals surface area (Å²) in [6, 6.07) is 9.05. The zero-order valence-electron chi connectivity index (χ0n) is 12.8. The van der Waals surface area contributed by atoms with Gasteiger partial charge in [-0.15, -0.1) is 0 Å². The van der Waals surface area contributed by atoms with Gasteiger partial charge in [0.25, 0.3) is 11.8 Å². The van der Waals surface area contributed by atoms with Gasteiger partial charge in [-0.1, -0.05) is 18.2 Å². The van der Waals surface area contributed by atoms with Gasteiger partial charge in [-0.05, 0) is 32.1 Å². The average molecular weight is 312 g/mol. The minimum absolute atomic E-state index is 0.155. The van der Waals surface area contributed by atoms with Crippen molar-refractivity contribution in [2.45, 2.75) is 13.8 Å². The van der Waals surface area contributed by atoms with Gasteiger partial charge in [0, 0.05) is 5.56 Å². The molecule has 0 bridgehead atoms. The topological polar surface area (TPSA) is 80.6 Å². The normalized spacial score (nSPS) is 12.7. The number of nitrogens with one attached hydrogen (secondary N) is 2. The maximum Gasteiger partial charge on any atom is 0.273 e. The maximum atomic E-state index is 12.1. The van der Waals surface area contributed by atoms with Crippen LogP contribution in [0.2, 0.25) is 0 Å². The summed E-state index contributed by atoms with van der Waals surface area (Å²) in [6.45, 7) is 3.60. The third-order valence-electron chi connectivity index (χ3n) is 3.50. The van der Waals surface area contributed by atoms with E-state index in [1.165, 1.54) is 0 Å². The van der Waals surface area contributed by atoms with E-state index in [1.54, 1.807) is 26.0 Å². The van der Waals surface area contributed by atoms with Crippen LogP contribution in [0.1, 0.15) is 27.4 Å². The number of carbonyl (C=O) groups is 2. The Bertz CT molecular complexity index is 805. The number of hydrazine groups is 1. The number of amides is 2. The van der Waals surface area contributed by atoms with E-state index in [2.05, 4.69) is 10.9 Å². The fraction of sp³-hybridized carbons (Fsp3) is 0.176. The van der Waals surface area contributed by atoms with E-state index in [1.807, 2.05) is 24.3 Å². The predicted molar refractivity (Wildman–Crippen MR) is 83.7 cm³/mol. The lowest BCUT2D eigenvalue weighted by atomic mass is 10.1. The number of para-hydroxylation sites is 1. The Morgan fingerprint density at radius 1 is 1.09 bits per heavy atom. The maximum absolute atomic E-state index is 12.1. The van der Waals surface area contributed by atoms with Crippen molar-refractivity contribution in [3.05, 3.63) is 58.6 Å². The number of hydrogen-bond donors (Lipinski definition) is 2. The van der Waals surface area contributed by atoms with Crippen molar-refractivity contribution in [1.82, 2.24) is 10.9 Å². The quantitative estimate of drug-likeness (QED) is 0.833. The summed E-state index contributed by atoms with van der Waals surface area (Å²) in [4.78, 5) is 24.2. The number of fused-ring (bicyclic) bond motifs is 1. The van der Waals surface area contributed by atoms with Crippen molar-refractivity contribution < 1.29 is 18.7 Å². The standard InChI is InChI=1S/C17H16N2O4/c1-10-7-14(11(2)23-10)17(21)19-18-16(20)13-8-12-5-3-4-6-15(12)22-9-13/h3-8H,9H2,1-2H3,(H,18,20)(H,19,21). The van der Waals surface area contributed by atoms with Crippen LogP contribution in [0.5, 0.6) is 5.75 Å². The average Bonchev–Trinajstić information content (AvgIpc) is 2.90. The van der Waals surface area contributed by atoms with Gasteiger partial charge in [-0.25, -0.2) is 0 Å². The summed E-state index contributed by atoms with van der Waals surface area (Å²) < 4.78 is 10.8. The first kappa shape index (κ1) is 14.9. The molecule has 0 saturated heterocycles. The van der Waals surface area contributed by atoms with Crippen LogP contribution in [0.15, 0.2) is 40.3 Å². The molecule has 0 unspecified atom stereocenters. The van der Waals surface area contributed by atoms with Crippen molar-refractivity contribution >= 4 is 17.9 Å².